The molecule has 1 aliphatic carbocycles. The highest BCUT2D eigenvalue weighted by Crippen LogP contribution is 2.39. The molecule has 3 heteroatoms. The van der Waals surface area contributed by atoms with Gasteiger partial charge in [0.2, 0.25) is 0 Å². The number of benzene rings is 1. The Morgan fingerprint density at radius 3 is 2.88 bits per heavy atom. The van der Waals surface area contributed by atoms with E-state index in [0.29, 0.717) is 11.5 Å². The van der Waals surface area contributed by atoms with Crippen LogP contribution in [0.25, 0.3) is 0 Å². The molecule has 1 saturated carbocycles. The van der Waals surface area contributed by atoms with Crippen LogP contribution in [-0.4, -0.2) is 29.7 Å². The van der Waals surface area contributed by atoms with Crippen LogP contribution in [0.2, 0.25) is 0 Å². The lowest BCUT2D eigenvalue weighted by Crippen LogP contribution is -2.31. The van der Waals surface area contributed by atoms with Gasteiger partial charge in [-0.3, -0.25) is 4.90 Å². The molecule has 2 fully saturated rings. The van der Waals surface area contributed by atoms with Gasteiger partial charge < -0.3 is 9.84 Å². The molecule has 2 aliphatic rings. The van der Waals surface area contributed by atoms with Crippen LogP contribution in [0.4, 0.5) is 0 Å². The lowest BCUT2D eigenvalue weighted by atomic mass is 10.1. The number of hydrogen-bond acceptors (Lipinski definition) is 3. The number of fused-ring (bicyclic) bond motifs is 2. The van der Waals surface area contributed by atoms with Gasteiger partial charge in [0.05, 0.1) is 7.11 Å². The summed E-state index contributed by atoms with van der Waals surface area (Å²) in [4.78, 5) is 2.51. The first-order valence-corrected chi connectivity index (χ1v) is 6.36. The molecular formula is C14H19NO2. The van der Waals surface area contributed by atoms with Crippen molar-refractivity contribution < 1.29 is 9.84 Å². The fourth-order valence-corrected chi connectivity index (χ4v) is 3.24. The normalized spacial score (nSPS) is 27.6. The van der Waals surface area contributed by atoms with Crippen LogP contribution in [-0.2, 0) is 6.54 Å². The zero-order chi connectivity index (χ0) is 11.8. The third-order valence-electron chi connectivity index (χ3n) is 4.19. The van der Waals surface area contributed by atoms with E-state index in [1.165, 1.54) is 25.8 Å². The molecule has 0 spiro atoms. The summed E-state index contributed by atoms with van der Waals surface area (Å²) in [6.45, 7) is 2.08. The minimum Gasteiger partial charge on any atom is -0.507 e. The number of nitrogens with zero attached hydrogens (tertiary/aromatic N) is 1. The van der Waals surface area contributed by atoms with Crippen molar-refractivity contribution >= 4 is 0 Å². The molecule has 92 valence electrons. The molecule has 0 aromatic heterocycles. The van der Waals surface area contributed by atoms with E-state index in [9.17, 15) is 5.11 Å². The molecule has 2 atom stereocenters. The topological polar surface area (TPSA) is 32.7 Å². The van der Waals surface area contributed by atoms with E-state index in [-0.39, 0.29) is 0 Å². The number of piperidine rings is 1. The van der Waals surface area contributed by atoms with Crippen LogP contribution in [0, 0.1) is 5.92 Å². The first-order chi connectivity index (χ1) is 8.26. The molecule has 3 nitrogen and oxygen atoms in total. The smallest absolute Gasteiger partial charge is 0.123 e. The highest BCUT2D eigenvalue weighted by Gasteiger charge is 2.37. The Bertz CT molecular complexity index is 419. The van der Waals surface area contributed by atoms with Gasteiger partial charge in [-0.25, -0.2) is 0 Å². The number of likely N-dealkylation sites (tertiary alicyclic amines) is 1. The van der Waals surface area contributed by atoms with E-state index in [1.54, 1.807) is 13.2 Å². The minimum atomic E-state index is 0.354. The van der Waals surface area contributed by atoms with Crippen molar-refractivity contribution in [3.8, 4) is 11.5 Å². The molecule has 1 aromatic rings. The fourth-order valence-electron chi connectivity index (χ4n) is 3.24. The summed E-state index contributed by atoms with van der Waals surface area (Å²) < 4.78 is 5.10. The first-order valence-electron chi connectivity index (χ1n) is 6.36. The van der Waals surface area contributed by atoms with Gasteiger partial charge in [-0.2, -0.15) is 0 Å². The largest absolute Gasteiger partial charge is 0.507 e. The van der Waals surface area contributed by atoms with Gasteiger partial charge in [0.1, 0.15) is 11.5 Å². The van der Waals surface area contributed by atoms with Crippen molar-refractivity contribution in [2.45, 2.75) is 31.8 Å². The van der Waals surface area contributed by atoms with Gasteiger partial charge in [-0.05, 0) is 31.2 Å². The Kier molecular flexibility index (Phi) is 2.71. The van der Waals surface area contributed by atoms with Gasteiger partial charge >= 0.3 is 0 Å². The van der Waals surface area contributed by atoms with E-state index in [0.717, 1.165) is 24.1 Å². The van der Waals surface area contributed by atoms with Crippen LogP contribution in [0.15, 0.2) is 18.2 Å². The van der Waals surface area contributed by atoms with Crippen LogP contribution < -0.4 is 4.74 Å². The third-order valence-corrected chi connectivity index (χ3v) is 4.19. The zero-order valence-corrected chi connectivity index (χ0v) is 10.2. The van der Waals surface area contributed by atoms with Gasteiger partial charge in [0, 0.05) is 30.8 Å². The van der Waals surface area contributed by atoms with Crippen LogP contribution >= 0.6 is 0 Å². The number of rotatable bonds is 3. The van der Waals surface area contributed by atoms with E-state index in [2.05, 4.69) is 4.90 Å². The second kappa shape index (κ2) is 4.22. The number of phenolic OH excluding ortho intramolecular Hbond substituents is 1. The molecule has 2 bridgehead atoms. The van der Waals surface area contributed by atoms with E-state index < -0.39 is 0 Å². The maximum Gasteiger partial charge on any atom is 0.123 e. The lowest BCUT2D eigenvalue weighted by Gasteiger charge is -2.27. The predicted molar refractivity (Wildman–Crippen MR) is 66.2 cm³/mol. The molecule has 1 heterocycles. The minimum absolute atomic E-state index is 0.354. The summed E-state index contributed by atoms with van der Waals surface area (Å²) in [5.41, 5.74) is 1.01. The number of methoxy groups -OCH3 is 1. The number of ether oxygens (including phenoxy) is 1. The van der Waals surface area contributed by atoms with Gasteiger partial charge in [0.15, 0.2) is 0 Å². The van der Waals surface area contributed by atoms with E-state index >= 15 is 0 Å². The Hall–Kier alpha value is -1.22. The monoisotopic (exact) mass is 233 g/mol. The fraction of sp³-hybridized carbons (Fsp3) is 0.571. The van der Waals surface area contributed by atoms with Crippen molar-refractivity contribution in [1.29, 1.82) is 0 Å². The average molecular weight is 233 g/mol. The van der Waals surface area contributed by atoms with Crippen LogP contribution in [0.1, 0.15) is 24.8 Å². The standard InChI is InChI=1S/C14H19NO2/c1-17-13-5-3-11(14(16)7-13)9-15-8-10-2-4-12(15)6-10/h3,5,7,10,12,16H,2,4,6,8-9H2,1H3. The predicted octanol–water partition coefficient (Wildman–Crippen LogP) is 2.39. The van der Waals surface area contributed by atoms with Gasteiger partial charge in [-0.15, -0.1) is 0 Å². The molecule has 2 unspecified atom stereocenters. The van der Waals surface area contributed by atoms with Gasteiger partial charge in [-0.1, -0.05) is 6.07 Å². The van der Waals surface area contributed by atoms with Crippen molar-refractivity contribution in [2.24, 2.45) is 5.92 Å². The number of phenols is 1. The molecule has 0 radical (unpaired) electrons. The summed E-state index contributed by atoms with van der Waals surface area (Å²) in [6, 6.07) is 6.34. The average Bonchev–Trinajstić information content (AvgIpc) is 2.93. The van der Waals surface area contributed by atoms with E-state index in [1.807, 2.05) is 12.1 Å². The Morgan fingerprint density at radius 2 is 2.29 bits per heavy atom. The maximum atomic E-state index is 9.95. The molecular weight excluding hydrogens is 214 g/mol. The molecule has 3 rings (SSSR count). The van der Waals surface area contributed by atoms with Crippen LogP contribution in [0.3, 0.4) is 0 Å². The van der Waals surface area contributed by atoms with Gasteiger partial charge in [0.25, 0.3) is 0 Å². The second-order valence-electron chi connectivity index (χ2n) is 5.26. The summed E-state index contributed by atoms with van der Waals surface area (Å²) in [5, 5.41) is 9.95. The molecule has 1 aromatic carbocycles. The molecule has 1 saturated heterocycles. The Labute approximate surface area is 102 Å². The second-order valence-corrected chi connectivity index (χ2v) is 5.26. The molecule has 1 N–H and O–H groups in total. The highest BCUT2D eigenvalue weighted by atomic mass is 16.5. The molecule has 1 aliphatic heterocycles. The summed E-state index contributed by atoms with van der Waals surface area (Å²) in [7, 11) is 1.62. The summed E-state index contributed by atoms with van der Waals surface area (Å²) >= 11 is 0. The summed E-state index contributed by atoms with van der Waals surface area (Å²) in [5.74, 6) is 1.97. The van der Waals surface area contributed by atoms with Crippen molar-refractivity contribution in [1.82, 2.24) is 4.90 Å². The van der Waals surface area contributed by atoms with Crippen molar-refractivity contribution in [2.75, 3.05) is 13.7 Å². The molecule has 0 amide bonds. The first kappa shape index (κ1) is 10.9. The SMILES string of the molecule is COc1ccc(CN2CC3CCC2C3)c(O)c1. The Balaban J connectivity index is 1.73. The quantitative estimate of drug-likeness (QED) is 0.870. The van der Waals surface area contributed by atoms with Crippen molar-refractivity contribution in [3.05, 3.63) is 23.8 Å². The maximum absolute atomic E-state index is 9.95. The Morgan fingerprint density at radius 1 is 1.41 bits per heavy atom. The lowest BCUT2D eigenvalue weighted by molar-refractivity contribution is 0.203. The highest BCUT2D eigenvalue weighted by molar-refractivity contribution is 5.39. The summed E-state index contributed by atoms with van der Waals surface area (Å²) in [6.07, 6.45) is 4.09. The third kappa shape index (κ3) is 2.00. The van der Waals surface area contributed by atoms with E-state index in [4.69, 9.17) is 4.74 Å². The van der Waals surface area contributed by atoms with Crippen molar-refractivity contribution in [3.63, 3.8) is 0 Å². The van der Waals surface area contributed by atoms with Crippen LogP contribution in [0.5, 0.6) is 11.5 Å². The number of aromatic hydroxyl groups is 1. The zero-order valence-electron chi connectivity index (χ0n) is 10.2. The molecule has 17 heavy (non-hydrogen) atoms. The number of hydrogen-bond donors (Lipinski definition) is 1.